The van der Waals surface area contributed by atoms with Crippen LogP contribution in [-0.2, 0) is 9.59 Å². The number of para-hydroxylation sites is 1. The number of nitrogens with one attached hydrogen (secondary N) is 3. The van der Waals surface area contributed by atoms with Gasteiger partial charge in [0.1, 0.15) is 12.1 Å². The van der Waals surface area contributed by atoms with Crippen LogP contribution in [0.5, 0.6) is 0 Å². The third-order valence-electron chi connectivity index (χ3n) is 3.24. The molecule has 0 spiro atoms. The van der Waals surface area contributed by atoms with Gasteiger partial charge in [-0.2, -0.15) is 0 Å². The lowest BCUT2D eigenvalue weighted by atomic mass is 10.2. The maximum atomic E-state index is 11.6. The van der Waals surface area contributed by atoms with E-state index < -0.39 is 0 Å². The summed E-state index contributed by atoms with van der Waals surface area (Å²) in [5.74, 6) is 0.659. The molecule has 122 valence electrons. The van der Waals surface area contributed by atoms with E-state index in [0.29, 0.717) is 32.5 Å². The van der Waals surface area contributed by atoms with Crippen LogP contribution in [0.4, 0.5) is 5.82 Å². The molecule has 0 unspecified atom stereocenters. The Kier molecular flexibility index (Phi) is 6.28. The summed E-state index contributed by atoms with van der Waals surface area (Å²) in [6.45, 7) is 3.00. The molecule has 1 aromatic heterocycles. The molecular weight excluding hydrogens is 294 g/mol. The fourth-order valence-corrected chi connectivity index (χ4v) is 2.13. The maximum absolute atomic E-state index is 11.6. The summed E-state index contributed by atoms with van der Waals surface area (Å²) in [6.07, 6.45) is 2.65. The van der Waals surface area contributed by atoms with Crippen molar-refractivity contribution in [1.82, 2.24) is 20.6 Å². The first-order valence-electron chi connectivity index (χ1n) is 7.61. The second-order valence-corrected chi connectivity index (χ2v) is 5.10. The molecule has 2 amide bonds. The van der Waals surface area contributed by atoms with Gasteiger partial charge in [-0.1, -0.05) is 12.1 Å². The van der Waals surface area contributed by atoms with E-state index in [-0.39, 0.29) is 11.8 Å². The summed E-state index contributed by atoms with van der Waals surface area (Å²) in [7, 11) is 0. The molecule has 2 aromatic rings. The van der Waals surface area contributed by atoms with Crippen LogP contribution in [0.25, 0.3) is 10.9 Å². The van der Waals surface area contributed by atoms with Gasteiger partial charge in [-0.05, 0) is 18.6 Å². The van der Waals surface area contributed by atoms with Crippen LogP contribution in [0.15, 0.2) is 30.6 Å². The number of hydrogen-bond donors (Lipinski definition) is 3. The Morgan fingerprint density at radius 3 is 2.65 bits per heavy atom. The van der Waals surface area contributed by atoms with Crippen LogP contribution in [-0.4, -0.2) is 41.4 Å². The molecule has 0 aliphatic heterocycles. The SMILES string of the molecule is CC(=O)NCCNC(=O)CCCNc1ncnc2ccccc12. The van der Waals surface area contributed by atoms with E-state index in [9.17, 15) is 9.59 Å². The Morgan fingerprint density at radius 2 is 1.83 bits per heavy atom. The fraction of sp³-hybridized carbons (Fsp3) is 0.375. The summed E-state index contributed by atoms with van der Waals surface area (Å²) < 4.78 is 0. The Hall–Kier alpha value is -2.70. The number of rotatable bonds is 8. The molecule has 0 aliphatic carbocycles. The van der Waals surface area contributed by atoms with Crippen molar-refractivity contribution in [3.05, 3.63) is 30.6 Å². The van der Waals surface area contributed by atoms with Crippen molar-refractivity contribution in [2.24, 2.45) is 0 Å². The number of carbonyl (C=O) groups excluding carboxylic acids is 2. The van der Waals surface area contributed by atoms with Gasteiger partial charge in [0.05, 0.1) is 5.52 Å². The summed E-state index contributed by atoms with van der Waals surface area (Å²) in [5.41, 5.74) is 0.890. The number of fused-ring (bicyclic) bond motifs is 1. The fourth-order valence-electron chi connectivity index (χ4n) is 2.13. The lowest BCUT2D eigenvalue weighted by molar-refractivity contribution is -0.122. The maximum Gasteiger partial charge on any atom is 0.220 e. The van der Waals surface area contributed by atoms with Crippen LogP contribution in [0, 0.1) is 0 Å². The average Bonchev–Trinajstić information content (AvgIpc) is 2.55. The largest absolute Gasteiger partial charge is 0.369 e. The van der Waals surface area contributed by atoms with E-state index in [1.54, 1.807) is 0 Å². The third kappa shape index (κ3) is 5.54. The van der Waals surface area contributed by atoms with Gasteiger partial charge in [0.15, 0.2) is 0 Å². The highest BCUT2D eigenvalue weighted by Crippen LogP contribution is 2.18. The number of benzene rings is 1. The van der Waals surface area contributed by atoms with E-state index in [0.717, 1.165) is 16.7 Å². The molecule has 7 nitrogen and oxygen atoms in total. The Labute approximate surface area is 134 Å². The number of anilines is 1. The van der Waals surface area contributed by atoms with Crippen molar-refractivity contribution in [3.8, 4) is 0 Å². The van der Waals surface area contributed by atoms with E-state index >= 15 is 0 Å². The van der Waals surface area contributed by atoms with Crippen LogP contribution >= 0.6 is 0 Å². The minimum Gasteiger partial charge on any atom is -0.369 e. The lowest BCUT2D eigenvalue weighted by Crippen LogP contribution is -2.33. The van der Waals surface area contributed by atoms with Crippen molar-refractivity contribution < 1.29 is 9.59 Å². The van der Waals surface area contributed by atoms with Gasteiger partial charge < -0.3 is 16.0 Å². The molecule has 0 fully saturated rings. The molecule has 1 aromatic carbocycles. The zero-order valence-electron chi connectivity index (χ0n) is 13.1. The van der Waals surface area contributed by atoms with Gasteiger partial charge in [0.2, 0.25) is 11.8 Å². The molecule has 0 saturated heterocycles. The van der Waals surface area contributed by atoms with Crippen molar-refractivity contribution in [3.63, 3.8) is 0 Å². The molecule has 2 rings (SSSR count). The van der Waals surface area contributed by atoms with Crippen molar-refractivity contribution in [2.75, 3.05) is 25.0 Å². The smallest absolute Gasteiger partial charge is 0.220 e. The monoisotopic (exact) mass is 315 g/mol. The quantitative estimate of drug-likeness (QED) is 0.633. The van der Waals surface area contributed by atoms with Gasteiger partial charge in [-0.25, -0.2) is 9.97 Å². The molecule has 0 radical (unpaired) electrons. The minimum atomic E-state index is -0.0967. The molecule has 3 N–H and O–H groups in total. The van der Waals surface area contributed by atoms with Crippen LogP contribution < -0.4 is 16.0 Å². The second-order valence-electron chi connectivity index (χ2n) is 5.10. The Balaban J connectivity index is 1.68. The van der Waals surface area contributed by atoms with Crippen molar-refractivity contribution in [2.45, 2.75) is 19.8 Å². The molecule has 0 aliphatic rings. The van der Waals surface area contributed by atoms with Gasteiger partial charge in [-0.15, -0.1) is 0 Å². The van der Waals surface area contributed by atoms with Gasteiger partial charge in [-0.3, -0.25) is 9.59 Å². The van der Waals surface area contributed by atoms with Gasteiger partial charge in [0, 0.05) is 38.4 Å². The molecule has 0 saturated carbocycles. The number of aromatic nitrogens is 2. The van der Waals surface area contributed by atoms with Gasteiger partial charge >= 0.3 is 0 Å². The second kappa shape index (κ2) is 8.67. The predicted octanol–water partition coefficient (Wildman–Crippen LogP) is 1.07. The summed E-state index contributed by atoms with van der Waals surface area (Å²) in [4.78, 5) is 30.8. The third-order valence-corrected chi connectivity index (χ3v) is 3.24. The minimum absolute atomic E-state index is 0.0234. The predicted molar refractivity (Wildman–Crippen MR) is 89.0 cm³/mol. The van der Waals surface area contributed by atoms with E-state index in [4.69, 9.17) is 0 Å². The summed E-state index contributed by atoms with van der Waals surface area (Å²) >= 11 is 0. The average molecular weight is 315 g/mol. The first-order chi connectivity index (χ1) is 11.2. The zero-order valence-corrected chi connectivity index (χ0v) is 13.1. The number of amides is 2. The van der Waals surface area contributed by atoms with Crippen molar-refractivity contribution >= 4 is 28.5 Å². The molecule has 0 bridgehead atoms. The highest BCUT2D eigenvalue weighted by molar-refractivity contribution is 5.88. The molecule has 7 heteroatoms. The molecule has 0 atom stereocenters. The van der Waals surface area contributed by atoms with Crippen LogP contribution in [0.3, 0.4) is 0 Å². The standard InChI is InChI=1S/C16H21N5O2/c1-12(22)17-9-10-18-15(23)7-4-8-19-16-13-5-2-3-6-14(13)20-11-21-16/h2-3,5-6,11H,4,7-10H2,1H3,(H,17,22)(H,18,23)(H,19,20,21). The van der Waals surface area contributed by atoms with Gasteiger partial charge in [0.25, 0.3) is 0 Å². The number of nitrogens with zero attached hydrogens (tertiary/aromatic N) is 2. The highest BCUT2D eigenvalue weighted by Gasteiger charge is 2.03. The normalized spacial score (nSPS) is 10.3. The number of hydrogen-bond acceptors (Lipinski definition) is 5. The van der Waals surface area contributed by atoms with E-state index in [1.165, 1.54) is 13.3 Å². The first kappa shape index (κ1) is 16.7. The topological polar surface area (TPSA) is 96.0 Å². The Morgan fingerprint density at radius 1 is 1.04 bits per heavy atom. The van der Waals surface area contributed by atoms with E-state index in [1.807, 2.05) is 24.3 Å². The van der Waals surface area contributed by atoms with Crippen molar-refractivity contribution in [1.29, 1.82) is 0 Å². The van der Waals surface area contributed by atoms with Crippen LogP contribution in [0.1, 0.15) is 19.8 Å². The Bertz CT molecular complexity index is 669. The summed E-state index contributed by atoms with van der Waals surface area (Å²) in [6, 6.07) is 7.78. The number of carbonyl (C=O) groups is 2. The molecule has 23 heavy (non-hydrogen) atoms. The lowest BCUT2D eigenvalue weighted by Gasteiger charge is -2.08. The summed E-state index contributed by atoms with van der Waals surface area (Å²) in [5, 5.41) is 9.59. The zero-order chi connectivity index (χ0) is 16.5. The van der Waals surface area contributed by atoms with Crippen LogP contribution in [0.2, 0.25) is 0 Å². The highest BCUT2D eigenvalue weighted by atomic mass is 16.2. The molecule has 1 heterocycles. The van der Waals surface area contributed by atoms with E-state index in [2.05, 4.69) is 25.9 Å². The first-order valence-corrected chi connectivity index (χ1v) is 7.61. The molecular formula is C16H21N5O2.